The predicted octanol–water partition coefficient (Wildman–Crippen LogP) is 3.04. The van der Waals surface area contributed by atoms with Crippen molar-refractivity contribution in [3.63, 3.8) is 0 Å². The molecule has 2 aliphatic rings. The number of fused-ring (bicyclic) bond motifs is 2. The van der Waals surface area contributed by atoms with E-state index in [-0.39, 0.29) is 12.1 Å². The molecule has 1 aromatic heterocycles. The SMILES string of the molecule is CCC(N)C(c1ccc(Cl)s1)N1CC2CCC(C1)O2. The van der Waals surface area contributed by atoms with Crippen molar-refractivity contribution >= 4 is 22.9 Å². The minimum absolute atomic E-state index is 0.159. The summed E-state index contributed by atoms with van der Waals surface area (Å²) in [6, 6.07) is 4.55. The maximum atomic E-state index is 6.38. The Morgan fingerprint density at radius 3 is 2.63 bits per heavy atom. The predicted molar refractivity (Wildman–Crippen MR) is 79.8 cm³/mol. The molecule has 2 aliphatic heterocycles. The summed E-state index contributed by atoms with van der Waals surface area (Å²) in [4.78, 5) is 3.81. The third-order valence-electron chi connectivity index (χ3n) is 4.23. The zero-order chi connectivity index (χ0) is 13.4. The summed E-state index contributed by atoms with van der Waals surface area (Å²) in [6.45, 7) is 4.16. The number of likely N-dealkylation sites (tertiary alicyclic amines) is 1. The Balaban J connectivity index is 1.83. The summed E-state index contributed by atoms with van der Waals surface area (Å²) >= 11 is 7.75. The number of hydrogen-bond acceptors (Lipinski definition) is 4. The Kier molecular flexibility index (Phi) is 4.15. The van der Waals surface area contributed by atoms with Crippen LogP contribution in [0.3, 0.4) is 0 Å². The number of nitrogens with zero attached hydrogens (tertiary/aromatic N) is 1. The molecule has 2 N–H and O–H groups in total. The summed E-state index contributed by atoms with van der Waals surface area (Å²) in [6.07, 6.45) is 4.18. The average Bonchev–Trinajstić information content (AvgIpc) is 2.96. The molecular weight excluding hydrogens is 280 g/mol. The Morgan fingerprint density at radius 2 is 2.11 bits per heavy atom. The van der Waals surface area contributed by atoms with E-state index in [1.807, 2.05) is 6.07 Å². The van der Waals surface area contributed by atoms with Gasteiger partial charge in [-0.15, -0.1) is 11.3 Å². The molecule has 0 amide bonds. The van der Waals surface area contributed by atoms with Gasteiger partial charge < -0.3 is 10.5 Å². The third-order valence-corrected chi connectivity index (χ3v) is 5.53. The summed E-state index contributed by atoms with van der Waals surface area (Å²) in [5.41, 5.74) is 6.38. The van der Waals surface area contributed by atoms with Crippen LogP contribution in [0.4, 0.5) is 0 Å². The second-order valence-electron chi connectivity index (χ2n) is 5.57. The van der Waals surface area contributed by atoms with Gasteiger partial charge in [0.05, 0.1) is 22.6 Å². The van der Waals surface area contributed by atoms with Gasteiger partial charge in [-0.25, -0.2) is 0 Å². The number of hydrogen-bond donors (Lipinski definition) is 1. The average molecular weight is 301 g/mol. The summed E-state index contributed by atoms with van der Waals surface area (Å²) < 4.78 is 6.77. The van der Waals surface area contributed by atoms with Gasteiger partial charge in [0.15, 0.2) is 0 Å². The smallest absolute Gasteiger partial charge is 0.0931 e. The third kappa shape index (κ3) is 2.83. The highest BCUT2D eigenvalue weighted by Gasteiger charge is 2.38. The van der Waals surface area contributed by atoms with Crippen molar-refractivity contribution in [2.75, 3.05) is 13.1 Å². The Morgan fingerprint density at radius 1 is 1.42 bits per heavy atom. The summed E-state index contributed by atoms with van der Waals surface area (Å²) in [7, 11) is 0. The molecule has 1 aromatic rings. The first-order valence-electron chi connectivity index (χ1n) is 7.07. The van der Waals surface area contributed by atoms with Crippen LogP contribution in [0.25, 0.3) is 0 Å². The van der Waals surface area contributed by atoms with Crippen LogP contribution < -0.4 is 5.73 Å². The topological polar surface area (TPSA) is 38.5 Å². The van der Waals surface area contributed by atoms with E-state index < -0.39 is 0 Å². The molecule has 2 bridgehead atoms. The van der Waals surface area contributed by atoms with E-state index in [9.17, 15) is 0 Å². The lowest BCUT2D eigenvalue weighted by atomic mass is 10.0. The van der Waals surface area contributed by atoms with Crippen molar-refractivity contribution in [3.8, 4) is 0 Å². The van der Waals surface area contributed by atoms with Gasteiger partial charge in [0.2, 0.25) is 0 Å². The largest absolute Gasteiger partial charge is 0.372 e. The molecule has 3 nitrogen and oxygen atoms in total. The van der Waals surface area contributed by atoms with Gasteiger partial charge in [-0.3, -0.25) is 4.90 Å². The highest BCUT2D eigenvalue weighted by Crippen LogP contribution is 2.37. The maximum absolute atomic E-state index is 6.38. The number of rotatable bonds is 4. The first-order valence-corrected chi connectivity index (χ1v) is 8.27. The molecule has 0 spiro atoms. The standard InChI is InChI=1S/C14H21ClN2OS/c1-2-11(16)14(12-5-6-13(15)19-12)17-7-9-3-4-10(8-17)18-9/h5-6,9-11,14H,2-4,7-8,16H2,1H3. The molecule has 2 saturated heterocycles. The molecule has 4 atom stereocenters. The molecular formula is C14H21ClN2OS. The fraction of sp³-hybridized carbons (Fsp3) is 0.714. The lowest BCUT2D eigenvalue weighted by Crippen LogP contribution is -2.49. The molecule has 19 heavy (non-hydrogen) atoms. The molecule has 4 unspecified atom stereocenters. The second kappa shape index (κ2) is 5.70. The van der Waals surface area contributed by atoms with Gasteiger partial charge in [-0.2, -0.15) is 0 Å². The van der Waals surface area contributed by atoms with E-state index >= 15 is 0 Å². The minimum atomic E-state index is 0.159. The maximum Gasteiger partial charge on any atom is 0.0931 e. The number of halogens is 1. The molecule has 3 rings (SSSR count). The van der Waals surface area contributed by atoms with Gasteiger partial charge in [-0.1, -0.05) is 18.5 Å². The van der Waals surface area contributed by atoms with Crippen LogP contribution in [-0.2, 0) is 4.74 Å². The van der Waals surface area contributed by atoms with E-state index in [1.54, 1.807) is 11.3 Å². The van der Waals surface area contributed by atoms with Crippen molar-refractivity contribution < 1.29 is 4.74 Å². The number of nitrogens with two attached hydrogens (primary N) is 1. The van der Waals surface area contributed by atoms with Gasteiger partial charge in [0, 0.05) is 24.0 Å². The van der Waals surface area contributed by atoms with Crippen molar-refractivity contribution in [1.29, 1.82) is 0 Å². The van der Waals surface area contributed by atoms with Crippen LogP contribution >= 0.6 is 22.9 Å². The van der Waals surface area contributed by atoms with Gasteiger partial charge in [-0.05, 0) is 31.4 Å². The first kappa shape index (κ1) is 13.8. The van der Waals surface area contributed by atoms with E-state index in [0.717, 1.165) is 23.8 Å². The van der Waals surface area contributed by atoms with E-state index in [1.165, 1.54) is 17.7 Å². The highest BCUT2D eigenvalue weighted by molar-refractivity contribution is 7.16. The summed E-state index contributed by atoms with van der Waals surface area (Å²) in [5.74, 6) is 0. The Hall–Kier alpha value is -0.130. The lowest BCUT2D eigenvalue weighted by molar-refractivity contribution is -0.0563. The zero-order valence-electron chi connectivity index (χ0n) is 11.2. The minimum Gasteiger partial charge on any atom is -0.372 e. The van der Waals surface area contributed by atoms with E-state index in [4.69, 9.17) is 22.1 Å². The molecule has 3 heterocycles. The van der Waals surface area contributed by atoms with Crippen molar-refractivity contribution in [1.82, 2.24) is 4.90 Å². The highest BCUT2D eigenvalue weighted by atomic mass is 35.5. The molecule has 0 aromatic carbocycles. The van der Waals surface area contributed by atoms with Crippen LogP contribution in [-0.4, -0.2) is 36.2 Å². The molecule has 0 saturated carbocycles. The van der Waals surface area contributed by atoms with Crippen LogP contribution in [0.2, 0.25) is 4.34 Å². The molecule has 2 fully saturated rings. The molecule has 5 heteroatoms. The molecule has 106 valence electrons. The lowest BCUT2D eigenvalue weighted by Gasteiger charge is -2.40. The van der Waals surface area contributed by atoms with Crippen LogP contribution in [0, 0.1) is 0 Å². The summed E-state index contributed by atoms with van der Waals surface area (Å²) in [5, 5.41) is 0. The Labute approximate surface area is 123 Å². The number of thiophene rings is 1. The first-order chi connectivity index (χ1) is 9.17. The fourth-order valence-electron chi connectivity index (χ4n) is 3.25. The quantitative estimate of drug-likeness (QED) is 0.929. The van der Waals surface area contributed by atoms with Crippen molar-refractivity contribution in [3.05, 3.63) is 21.3 Å². The van der Waals surface area contributed by atoms with Crippen molar-refractivity contribution in [2.24, 2.45) is 5.73 Å². The molecule has 0 aliphatic carbocycles. The van der Waals surface area contributed by atoms with Gasteiger partial charge in [0.25, 0.3) is 0 Å². The van der Waals surface area contributed by atoms with Crippen LogP contribution in [0.5, 0.6) is 0 Å². The van der Waals surface area contributed by atoms with Gasteiger partial charge >= 0.3 is 0 Å². The zero-order valence-corrected chi connectivity index (χ0v) is 12.8. The van der Waals surface area contributed by atoms with Gasteiger partial charge in [0.1, 0.15) is 0 Å². The van der Waals surface area contributed by atoms with Crippen molar-refractivity contribution in [2.45, 2.75) is 50.5 Å². The molecule has 0 radical (unpaired) electrons. The number of morpholine rings is 1. The normalized spacial score (nSPS) is 30.5. The fourth-order valence-corrected chi connectivity index (χ4v) is 4.52. The second-order valence-corrected chi connectivity index (χ2v) is 7.32. The monoisotopic (exact) mass is 300 g/mol. The van der Waals surface area contributed by atoms with E-state index in [0.29, 0.717) is 12.2 Å². The van der Waals surface area contributed by atoms with E-state index in [2.05, 4.69) is 17.9 Å². The Bertz CT molecular complexity index is 427. The number of ether oxygens (including phenoxy) is 1. The van der Waals surface area contributed by atoms with Crippen LogP contribution in [0.1, 0.15) is 37.1 Å². The van der Waals surface area contributed by atoms with Crippen LogP contribution in [0.15, 0.2) is 12.1 Å².